The Morgan fingerprint density at radius 1 is 1.17 bits per heavy atom. The third kappa shape index (κ3) is 4.54. The minimum absolute atomic E-state index is 0.0160. The van der Waals surface area contributed by atoms with E-state index in [9.17, 15) is 18.0 Å². The highest BCUT2D eigenvalue weighted by Gasteiger charge is 2.28. The summed E-state index contributed by atoms with van der Waals surface area (Å²) in [5, 5.41) is 2.67. The molecule has 2 amide bonds. The molecule has 2 rings (SSSR count). The summed E-state index contributed by atoms with van der Waals surface area (Å²) in [6.07, 6.45) is 0.897. The number of carbonyl (C=O) groups is 2. The molecule has 0 aromatic heterocycles. The Labute approximate surface area is 136 Å². The summed E-state index contributed by atoms with van der Waals surface area (Å²) in [5.74, 6) is -0.591. The number of nitrogens with zero attached hydrogens (tertiary/aromatic N) is 1. The monoisotopic (exact) mass is 338 g/mol. The molecular weight excluding hydrogens is 316 g/mol. The number of aryl methyl sites for hydroxylation is 1. The van der Waals surface area contributed by atoms with Crippen molar-refractivity contribution in [2.45, 2.75) is 26.3 Å². The van der Waals surface area contributed by atoms with Crippen LogP contribution < -0.4 is 5.32 Å². The Hall–Kier alpha value is -1.89. The molecule has 1 N–H and O–H groups in total. The van der Waals surface area contributed by atoms with Gasteiger partial charge in [0, 0.05) is 18.7 Å². The van der Waals surface area contributed by atoms with Crippen molar-refractivity contribution in [1.82, 2.24) is 10.2 Å². The minimum atomic E-state index is -3.03. The molecule has 23 heavy (non-hydrogen) atoms. The molecule has 0 aliphatic carbocycles. The van der Waals surface area contributed by atoms with Crippen LogP contribution in [0.3, 0.4) is 0 Å². The Morgan fingerprint density at radius 3 is 2.26 bits per heavy atom. The van der Waals surface area contributed by atoms with Crippen LogP contribution in [0.4, 0.5) is 0 Å². The third-order valence-corrected chi connectivity index (χ3v) is 5.61. The Balaban J connectivity index is 1.93. The molecule has 1 aromatic carbocycles. The van der Waals surface area contributed by atoms with Crippen LogP contribution in [0.25, 0.3) is 0 Å². The third-order valence-electron chi connectivity index (χ3n) is 4.00. The zero-order valence-electron chi connectivity index (χ0n) is 13.4. The topological polar surface area (TPSA) is 83.6 Å². The SMILES string of the molecule is CCc1ccc(C(=O)NC(C)C(=O)N2CCS(=O)(=O)CC2)cc1. The zero-order chi connectivity index (χ0) is 17.0. The van der Waals surface area contributed by atoms with E-state index in [1.165, 1.54) is 4.90 Å². The lowest BCUT2D eigenvalue weighted by molar-refractivity contribution is -0.132. The molecule has 1 aromatic rings. The van der Waals surface area contributed by atoms with Crippen LogP contribution in [-0.4, -0.2) is 55.8 Å². The van der Waals surface area contributed by atoms with Gasteiger partial charge in [-0.2, -0.15) is 0 Å². The standard InChI is InChI=1S/C16H22N2O4S/c1-3-13-4-6-14(7-5-13)15(19)17-12(2)16(20)18-8-10-23(21,22)11-9-18/h4-7,12H,3,8-11H2,1-2H3,(H,17,19). The van der Waals surface area contributed by atoms with E-state index in [-0.39, 0.29) is 36.4 Å². The average molecular weight is 338 g/mol. The lowest BCUT2D eigenvalue weighted by Crippen LogP contribution is -2.51. The number of benzene rings is 1. The minimum Gasteiger partial charge on any atom is -0.341 e. The van der Waals surface area contributed by atoms with E-state index in [1.807, 2.05) is 19.1 Å². The molecule has 0 radical (unpaired) electrons. The summed E-state index contributed by atoms with van der Waals surface area (Å²) >= 11 is 0. The molecule has 0 spiro atoms. The molecular formula is C16H22N2O4S. The van der Waals surface area contributed by atoms with Gasteiger partial charge >= 0.3 is 0 Å². The average Bonchev–Trinajstić information content (AvgIpc) is 2.54. The molecule has 6 nitrogen and oxygen atoms in total. The number of nitrogens with one attached hydrogen (secondary N) is 1. The van der Waals surface area contributed by atoms with Crippen molar-refractivity contribution in [2.75, 3.05) is 24.6 Å². The van der Waals surface area contributed by atoms with Gasteiger partial charge in [0.05, 0.1) is 11.5 Å². The first kappa shape index (κ1) is 17.5. The van der Waals surface area contributed by atoms with Gasteiger partial charge in [-0.25, -0.2) is 8.42 Å². The van der Waals surface area contributed by atoms with Crippen molar-refractivity contribution in [3.8, 4) is 0 Å². The number of hydrogen-bond acceptors (Lipinski definition) is 4. The van der Waals surface area contributed by atoms with Gasteiger partial charge in [0.25, 0.3) is 5.91 Å². The molecule has 1 aliphatic heterocycles. The largest absolute Gasteiger partial charge is 0.341 e. The maximum Gasteiger partial charge on any atom is 0.251 e. The molecule has 1 atom stereocenters. The van der Waals surface area contributed by atoms with E-state index in [0.717, 1.165) is 12.0 Å². The molecule has 1 heterocycles. The second kappa shape index (κ2) is 7.12. The summed E-state index contributed by atoms with van der Waals surface area (Å²) < 4.78 is 22.8. The van der Waals surface area contributed by atoms with Crippen molar-refractivity contribution < 1.29 is 18.0 Å². The van der Waals surface area contributed by atoms with Crippen LogP contribution in [0.1, 0.15) is 29.8 Å². The van der Waals surface area contributed by atoms with E-state index in [1.54, 1.807) is 19.1 Å². The molecule has 1 unspecified atom stereocenters. The predicted octanol–water partition coefficient (Wildman–Crippen LogP) is 0.624. The maximum absolute atomic E-state index is 12.3. The number of amides is 2. The normalized spacial score (nSPS) is 18.3. The highest BCUT2D eigenvalue weighted by Crippen LogP contribution is 2.08. The van der Waals surface area contributed by atoms with E-state index < -0.39 is 15.9 Å². The lowest BCUT2D eigenvalue weighted by atomic mass is 10.1. The van der Waals surface area contributed by atoms with Crippen molar-refractivity contribution in [3.63, 3.8) is 0 Å². The van der Waals surface area contributed by atoms with Crippen LogP contribution >= 0.6 is 0 Å². The fourth-order valence-corrected chi connectivity index (χ4v) is 3.64. The van der Waals surface area contributed by atoms with Gasteiger partial charge in [0.1, 0.15) is 6.04 Å². The Kier molecular flexibility index (Phi) is 5.41. The first-order valence-electron chi connectivity index (χ1n) is 7.71. The quantitative estimate of drug-likeness (QED) is 0.872. The second-order valence-electron chi connectivity index (χ2n) is 5.72. The summed E-state index contributed by atoms with van der Waals surface area (Å²) in [6, 6.07) is 6.56. The van der Waals surface area contributed by atoms with Gasteiger partial charge in [0.15, 0.2) is 9.84 Å². The van der Waals surface area contributed by atoms with E-state index in [0.29, 0.717) is 5.56 Å². The van der Waals surface area contributed by atoms with Crippen LogP contribution in [0, 0.1) is 0 Å². The van der Waals surface area contributed by atoms with Crippen LogP contribution in [0.5, 0.6) is 0 Å². The molecule has 1 fully saturated rings. The van der Waals surface area contributed by atoms with Crippen LogP contribution in [0.2, 0.25) is 0 Å². The molecule has 0 saturated carbocycles. The maximum atomic E-state index is 12.3. The zero-order valence-corrected chi connectivity index (χ0v) is 14.2. The van der Waals surface area contributed by atoms with Crippen molar-refractivity contribution in [1.29, 1.82) is 0 Å². The summed E-state index contributed by atoms with van der Waals surface area (Å²) in [7, 11) is -3.03. The Morgan fingerprint density at radius 2 is 1.74 bits per heavy atom. The predicted molar refractivity (Wildman–Crippen MR) is 88.0 cm³/mol. The van der Waals surface area contributed by atoms with Gasteiger partial charge in [-0.15, -0.1) is 0 Å². The smallest absolute Gasteiger partial charge is 0.251 e. The van der Waals surface area contributed by atoms with Gasteiger partial charge in [-0.1, -0.05) is 19.1 Å². The highest BCUT2D eigenvalue weighted by molar-refractivity contribution is 7.91. The summed E-state index contributed by atoms with van der Waals surface area (Å²) in [5.41, 5.74) is 1.64. The van der Waals surface area contributed by atoms with Crippen molar-refractivity contribution in [2.24, 2.45) is 0 Å². The summed E-state index contributed by atoms with van der Waals surface area (Å²) in [6.45, 7) is 4.03. The number of sulfone groups is 1. The van der Waals surface area contributed by atoms with Crippen molar-refractivity contribution >= 4 is 21.7 Å². The van der Waals surface area contributed by atoms with Gasteiger partial charge in [-0.05, 0) is 31.0 Å². The molecule has 1 saturated heterocycles. The molecule has 0 bridgehead atoms. The van der Waals surface area contributed by atoms with Gasteiger partial charge in [0.2, 0.25) is 5.91 Å². The number of rotatable bonds is 4. The molecule has 7 heteroatoms. The van der Waals surface area contributed by atoms with Gasteiger partial charge in [-0.3, -0.25) is 9.59 Å². The lowest BCUT2D eigenvalue weighted by Gasteiger charge is -2.29. The number of carbonyl (C=O) groups excluding carboxylic acids is 2. The Bertz CT molecular complexity index is 669. The number of hydrogen-bond donors (Lipinski definition) is 1. The van der Waals surface area contributed by atoms with Crippen LogP contribution in [-0.2, 0) is 21.1 Å². The fraction of sp³-hybridized carbons (Fsp3) is 0.500. The van der Waals surface area contributed by atoms with Crippen molar-refractivity contribution in [3.05, 3.63) is 35.4 Å². The van der Waals surface area contributed by atoms with Crippen LogP contribution in [0.15, 0.2) is 24.3 Å². The summed E-state index contributed by atoms with van der Waals surface area (Å²) in [4.78, 5) is 26.0. The molecule has 1 aliphatic rings. The van der Waals surface area contributed by atoms with E-state index >= 15 is 0 Å². The van der Waals surface area contributed by atoms with E-state index in [4.69, 9.17) is 0 Å². The first-order chi connectivity index (χ1) is 10.8. The highest BCUT2D eigenvalue weighted by atomic mass is 32.2. The second-order valence-corrected chi connectivity index (χ2v) is 8.03. The fourth-order valence-electron chi connectivity index (χ4n) is 2.44. The molecule has 126 valence electrons. The van der Waals surface area contributed by atoms with Gasteiger partial charge < -0.3 is 10.2 Å². The first-order valence-corrected chi connectivity index (χ1v) is 9.53. The van der Waals surface area contributed by atoms with E-state index in [2.05, 4.69) is 5.32 Å².